The smallest absolute Gasteiger partial charge is 0.339 e. The number of morpholine rings is 1. The number of hydrogen-bond donors (Lipinski definition) is 1. The topological polar surface area (TPSA) is 59.0 Å². The third-order valence-electron chi connectivity index (χ3n) is 3.62. The lowest BCUT2D eigenvalue weighted by Gasteiger charge is -2.36. The first-order valence-electron chi connectivity index (χ1n) is 6.77. The number of ether oxygens (including phenoxy) is 2. The molecule has 0 saturated carbocycles. The number of carboxylic acids is 1. The Bertz CT molecular complexity index is 489. The number of nitrogens with zero attached hydrogens (tertiary/aromatic N) is 1. The molecule has 1 saturated heterocycles. The SMILES string of the molecule is COc1cc(CN2CC(C)OCC2C)ccc1C(=O)O. The van der Waals surface area contributed by atoms with Gasteiger partial charge in [0.05, 0.1) is 19.8 Å². The molecule has 2 atom stereocenters. The van der Waals surface area contributed by atoms with E-state index in [4.69, 9.17) is 14.6 Å². The quantitative estimate of drug-likeness (QED) is 0.913. The molecule has 5 heteroatoms. The second-order valence-corrected chi connectivity index (χ2v) is 5.26. The fraction of sp³-hybridized carbons (Fsp3) is 0.533. The number of benzene rings is 1. The Morgan fingerprint density at radius 1 is 1.50 bits per heavy atom. The Balaban J connectivity index is 2.15. The fourth-order valence-electron chi connectivity index (χ4n) is 2.44. The molecule has 1 aromatic carbocycles. The number of carboxylic acid groups (broad SMARTS) is 1. The van der Waals surface area contributed by atoms with Crippen LogP contribution in [0.2, 0.25) is 0 Å². The molecule has 1 aromatic rings. The summed E-state index contributed by atoms with van der Waals surface area (Å²) in [5.74, 6) is -0.564. The molecule has 1 aliphatic rings. The summed E-state index contributed by atoms with van der Waals surface area (Å²) in [6, 6.07) is 5.61. The summed E-state index contributed by atoms with van der Waals surface area (Å²) >= 11 is 0. The minimum absolute atomic E-state index is 0.194. The number of carbonyl (C=O) groups is 1. The van der Waals surface area contributed by atoms with Gasteiger partial charge in [-0.3, -0.25) is 4.90 Å². The lowest BCUT2D eigenvalue weighted by Crippen LogP contribution is -2.46. The van der Waals surface area contributed by atoms with Crippen LogP contribution in [0.3, 0.4) is 0 Å². The van der Waals surface area contributed by atoms with Crippen LogP contribution in [0.25, 0.3) is 0 Å². The van der Waals surface area contributed by atoms with Crippen LogP contribution in [0.1, 0.15) is 29.8 Å². The molecule has 0 aromatic heterocycles. The molecule has 0 amide bonds. The van der Waals surface area contributed by atoms with Crippen molar-refractivity contribution in [3.05, 3.63) is 29.3 Å². The van der Waals surface area contributed by atoms with Crippen LogP contribution in [0.5, 0.6) is 5.75 Å². The third-order valence-corrected chi connectivity index (χ3v) is 3.62. The highest BCUT2D eigenvalue weighted by Crippen LogP contribution is 2.22. The van der Waals surface area contributed by atoms with Crippen molar-refractivity contribution in [3.63, 3.8) is 0 Å². The van der Waals surface area contributed by atoms with E-state index in [1.807, 2.05) is 6.07 Å². The average Bonchev–Trinajstić information content (AvgIpc) is 2.42. The van der Waals surface area contributed by atoms with Gasteiger partial charge in [-0.2, -0.15) is 0 Å². The minimum Gasteiger partial charge on any atom is -0.496 e. The Kier molecular flexibility index (Phi) is 4.62. The number of aromatic carboxylic acids is 1. The van der Waals surface area contributed by atoms with Gasteiger partial charge in [0.15, 0.2) is 0 Å². The molecule has 1 heterocycles. The molecule has 20 heavy (non-hydrogen) atoms. The molecule has 110 valence electrons. The minimum atomic E-state index is -0.971. The van der Waals surface area contributed by atoms with E-state index in [2.05, 4.69) is 18.7 Å². The predicted octanol–water partition coefficient (Wildman–Crippen LogP) is 2.00. The summed E-state index contributed by atoms with van der Waals surface area (Å²) < 4.78 is 10.8. The molecular weight excluding hydrogens is 258 g/mol. The summed E-state index contributed by atoms with van der Waals surface area (Å²) in [4.78, 5) is 13.4. The summed E-state index contributed by atoms with van der Waals surface area (Å²) in [6.07, 6.45) is 0.228. The molecule has 1 N–H and O–H groups in total. The standard InChI is InChI=1S/C15H21NO4/c1-10-9-20-11(2)7-16(10)8-12-4-5-13(15(17)18)14(6-12)19-3/h4-6,10-11H,7-9H2,1-3H3,(H,17,18). The van der Waals surface area contributed by atoms with Gasteiger partial charge in [-0.05, 0) is 31.5 Å². The highest BCUT2D eigenvalue weighted by Gasteiger charge is 2.23. The van der Waals surface area contributed by atoms with E-state index in [1.54, 1.807) is 12.1 Å². The van der Waals surface area contributed by atoms with Crippen molar-refractivity contribution < 1.29 is 19.4 Å². The monoisotopic (exact) mass is 279 g/mol. The fourth-order valence-corrected chi connectivity index (χ4v) is 2.44. The van der Waals surface area contributed by atoms with Gasteiger partial charge in [-0.15, -0.1) is 0 Å². The zero-order valence-corrected chi connectivity index (χ0v) is 12.1. The lowest BCUT2D eigenvalue weighted by molar-refractivity contribution is -0.0526. The van der Waals surface area contributed by atoms with Gasteiger partial charge in [0.1, 0.15) is 11.3 Å². The van der Waals surface area contributed by atoms with E-state index in [1.165, 1.54) is 7.11 Å². The van der Waals surface area contributed by atoms with E-state index in [0.717, 1.165) is 25.3 Å². The first-order chi connectivity index (χ1) is 9.51. The first-order valence-corrected chi connectivity index (χ1v) is 6.77. The molecule has 1 fully saturated rings. The van der Waals surface area contributed by atoms with Gasteiger partial charge in [0.25, 0.3) is 0 Å². The van der Waals surface area contributed by atoms with Gasteiger partial charge in [0, 0.05) is 19.1 Å². The number of hydrogen-bond acceptors (Lipinski definition) is 4. The van der Waals surface area contributed by atoms with E-state index in [-0.39, 0.29) is 11.7 Å². The molecule has 2 rings (SSSR count). The Labute approximate surface area is 119 Å². The predicted molar refractivity (Wildman–Crippen MR) is 75.2 cm³/mol. The number of rotatable bonds is 4. The molecule has 5 nitrogen and oxygen atoms in total. The van der Waals surface area contributed by atoms with Crippen molar-refractivity contribution >= 4 is 5.97 Å². The van der Waals surface area contributed by atoms with Crippen LogP contribution in [-0.4, -0.2) is 48.4 Å². The first kappa shape index (κ1) is 14.8. The van der Waals surface area contributed by atoms with Crippen molar-refractivity contribution in [1.82, 2.24) is 4.90 Å². The van der Waals surface area contributed by atoms with Crippen molar-refractivity contribution in [2.75, 3.05) is 20.3 Å². The Morgan fingerprint density at radius 2 is 2.25 bits per heavy atom. The molecule has 0 bridgehead atoms. The van der Waals surface area contributed by atoms with Crippen LogP contribution in [0.15, 0.2) is 18.2 Å². The molecule has 2 unspecified atom stereocenters. The van der Waals surface area contributed by atoms with Crippen molar-refractivity contribution in [3.8, 4) is 5.75 Å². The van der Waals surface area contributed by atoms with Crippen LogP contribution in [0.4, 0.5) is 0 Å². The summed E-state index contributed by atoms with van der Waals surface area (Å²) in [5, 5.41) is 9.08. The van der Waals surface area contributed by atoms with E-state index >= 15 is 0 Å². The molecule has 1 aliphatic heterocycles. The molecular formula is C15H21NO4. The Hall–Kier alpha value is -1.59. The third kappa shape index (κ3) is 3.29. The van der Waals surface area contributed by atoms with Gasteiger partial charge in [0.2, 0.25) is 0 Å². The Morgan fingerprint density at radius 3 is 2.90 bits per heavy atom. The van der Waals surface area contributed by atoms with E-state index in [9.17, 15) is 4.79 Å². The van der Waals surface area contributed by atoms with Gasteiger partial charge in [-0.25, -0.2) is 4.79 Å². The molecule has 0 aliphatic carbocycles. The highest BCUT2D eigenvalue weighted by molar-refractivity contribution is 5.90. The van der Waals surface area contributed by atoms with Crippen LogP contribution in [-0.2, 0) is 11.3 Å². The average molecular weight is 279 g/mol. The van der Waals surface area contributed by atoms with Gasteiger partial charge < -0.3 is 14.6 Å². The highest BCUT2D eigenvalue weighted by atomic mass is 16.5. The second kappa shape index (κ2) is 6.24. The van der Waals surface area contributed by atoms with Crippen molar-refractivity contribution in [2.24, 2.45) is 0 Å². The van der Waals surface area contributed by atoms with Gasteiger partial charge in [-0.1, -0.05) is 6.07 Å². The summed E-state index contributed by atoms with van der Waals surface area (Å²) in [7, 11) is 1.49. The maximum absolute atomic E-state index is 11.1. The lowest BCUT2D eigenvalue weighted by atomic mass is 10.1. The number of methoxy groups -OCH3 is 1. The van der Waals surface area contributed by atoms with E-state index < -0.39 is 5.97 Å². The molecule has 0 spiro atoms. The van der Waals surface area contributed by atoms with Crippen LogP contribution < -0.4 is 4.74 Å². The normalized spacial score (nSPS) is 23.6. The van der Waals surface area contributed by atoms with E-state index in [0.29, 0.717) is 11.8 Å². The maximum atomic E-state index is 11.1. The molecule has 0 radical (unpaired) electrons. The maximum Gasteiger partial charge on any atom is 0.339 e. The van der Waals surface area contributed by atoms with Gasteiger partial charge >= 0.3 is 5.97 Å². The van der Waals surface area contributed by atoms with Crippen molar-refractivity contribution in [2.45, 2.75) is 32.5 Å². The van der Waals surface area contributed by atoms with Crippen molar-refractivity contribution in [1.29, 1.82) is 0 Å². The zero-order chi connectivity index (χ0) is 14.7. The van der Waals surface area contributed by atoms with Crippen LogP contribution in [0, 0.1) is 0 Å². The zero-order valence-electron chi connectivity index (χ0n) is 12.1. The van der Waals surface area contributed by atoms with Crippen LogP contribution >= 0.6 is 0 Å². The summed E-state index contributed by atoms with van der Waals surface area (Å²) in [6.45, 7) is 6.57. The second-order valence-electron chi connectivity index (χ2n) is 5.26. The largest absolute Gasteiger partial charge is 0.496 e. The summed E-state index contributed by atoms with van der Waals surface area (Å²) in [5.41, 5.74) is 1.24.